The Morgan fingerprint density at radius 1 is 1.22 bits per heavy atom. The van der Waals surface area contributed by atoms with Crippen molar-refractivity contribution in [2.75, 3.05) is 18.9 Å². The molecule has 0 bridgehead atoms. The summed E-state index contributed by atoms with van der Waals surface area (Å²) in [5.74, 6) is -1.09. The van der Waals surface area contributed by atoms with Crippen LogP contribution in [-0.2, 0) is 18.6 Å². The van der Waals surface area contributed by atoms with Crippen LogP contribution in [0.3, 0.4) is 0 Å². The zero-order valence-corrected chi connectivity index (χ0v) is 22.5. The number of hydrogen-bond acceptors (Lipinski definition) is 12. The molecule has 0 aromatic carbocycles. The number of nitrogens with one attached hydrogen (secondary N) is 2. The second-order valence-electron chi connectivity index (χ2n) is 9.56. The highest BCUT2D eigenvalue weighted by Crippen LogP contribution is 2.64. The van der Waals surface area contributed by atoms with E-state index in [0.717, 1.165) is 23.4 Å². The maximum Gasteiger partial charge on any atom is 0.280 e. The van der Waals surface area contributed by atoms with Crippen LogP contribution in [0.25, 0.3) is 22.2 Å². The van der Waals surface area contributed by atoms with Gasteiger partial charge in [0, 0.05) is 12.6 Å². The molecule has 4 aromatic rings. The van der Waals surface area contributed by atoms with Crippen molar-refractivity contribution in [2.24, 2.45) is 0 Å². The molecule has 0 radical (unpaired) electrons. The third-order valence-electron chi connectivity index (χ3n) is 7.08. The minimum Gasteiger partial charge on any atom is -0.394 e. The number of anilines is 1. The lowest BCUT2D eigenvalue weighted by Crippen LogP contribution is -2.31. The van der Waals surface area contributed by atoms with Gasteiger partial charge in [0.05, 0.1) is 32.0 Å². The van der Waals surface area contributed by atoms with Gasteiger partial charge in [-0.1, -0.05) is 12.2 Å². The smallest absolute Gasteiger partial charge is 0.280 e. The second kappa shape index (κ2) is 10.3. The summed E-state index contributed by atoms with van der Waals surface area (Å²) in [5.41, 5.74) is 2.43. The Labute approximate surface area is 232 Å². The first kappa shape index (κ1) is 28.0. The summed E-state index contributed by atoms with van der Waals surface area (Å²) in [6.45, 7) is -5.58. The van der Waals surface area contributed by atoms with Crippen LogP contribution >= 0.6 is 18.8 Å². The van der Waals surface area contributed by atoms with Crippen molar-refractivity contribution in [3.63, 3.8) is 0 Å². The number of hydrogen-bond donors (Lipinski definition) is 6. The summed E-state index contributed by atoms with van der Waals surface area (Å²) in [5, 5.41) is 20.0. The largest absolute Gasteiger partial charge is 0.394 e. The number of ether oxygens (including phenoxy) is 2. The quantitative estimate of drug-likeness (QED) is 0.119. The van der Waals surface area contributed by atoms with Gasteiger partial charge in [0.15, 0.2) is 28.9 Å². The van der Waals surface area contributed by atoms with E-state index < -0.39 is 79.3 Å². The molecular formula is C21H23F2N8O8PS. The molecule has 2 saturated heterocycles. The van der Waals surface area contributed by atoms with Crippen molar-refractivity contribution >= 4 is 47.0 Å². The van der Waals surface area contributed by atoms with E-state index in [4.69, 9.17) is 19.7 Å². The number of rotatable bonds is 7. The van der Waals surface area contributed by atoms with E-state index in [0.29, 0.717) is 0 Å². The number of nitrogen functional groups attached to an aromatic ring is 1. The van der Waals surface area contributed by atoms with Gasteiger partial charge in [-0.2, -0.15) is 4.98 Å². The maximum absolute atomic E-state index is 15.5. The van der Waals surface area contributed by atoms with Crippen LogP contribution in [0.2, 0.25) is 0 Å². The van der Waals surface area contributed by atoms with Gasteiger partial charge in [0.1, 0.15) is 35.7 Å². The predicted molar refractivity (Wildman–Crippen MR) is 140 cm³/mol. The fraction of sp³-hybridized carbons (Fsp3) is 0.476. The molecule has 20 heteroatoms. The molecule has 2 aliphatic heterocycles. The van der Waals surface area contributed by atoms with Crippen LogP contribution in [0.15, 0.2) is 28.4 Å². The highest BCUT2D eigenvalue weighted by molar-refractivity contribution is 8.46. The van der Waals surface area contributed by atoms with E-state index in [-0.39, 0.29) is 34.6 Å². The zero-order valence-electron chi connectivity index (χ0n) is 20.7. The molecule has 0 aliphatic carbocycles. The number of thiol groups is 1. The van der Waals surface area contributed by atoms with Gasteiger partial charge in [-0.05, 0) is 0 Å². The number of fused-ring (bicyclic) bond motifs is 2. The molecule has 0 spiro atoms. The van der Waals surface area contributed by atoms with E-state index in [1.165, 1.54) is 4.57 Å². The van der Waals surface area contributed by atoms with Gasteiger partial charge in [0.25, 0.3) is 17.7 Å². The normalized spacial score (nSPS) is 29.9. The first-order valence-electron chi connectivity index (χ1n) is 12.2. The number of nitrogens with two attached hydrogens (primary N) is 1. The SMILES string of the molecule is Nc1nc2c(ncn2[C@@H]2O[C@H](CO)[C@@H](F)[C@H]2P(=O)(S)OC[C@H]2O[C@@H](n3cc(F)c4c(=O)[nH]cnc43)C[C@@H]2O)c(=O)[nH]1. The molecule has 1 unspecified atom stereocenters. The summed E-state index contributed by atoms with van der Waals surface area (Å²) in [4.78, 5) is 40.7. The number of aliphatic hydroxyl groups excluding tert-OH is 2. The molecule has 8 atom stereocenters. The minimum absolute atomic E-state index is 0.00760. The number of aromatic amines is 2. The molecule has 220 valence electrons. The number of H-pyrrole nitrogens is 2. The van der Waals surface area contributed by atoms with E-state index in [9.17, 15) is 28.8 Å². The summed E-state index contributed by atoms with van der Waals surface area (Å²) in [7, 11) is 0. The first-order chi connectivity index (χ1) is 19.5. The number of halogens is 2. The Morgan fingerprint density at radius 3 is 2.76 bits per heavy atom. The van der Waals surface area contributed by atoms with Gasteiger partial charge in [-0.3, -0.25) is 23.7 Å². The summed E-state index contributed by atoms with van der Waals surface area (Å²) in [6.07, 6.45) is -4.95. The predicted octanol–water partition coefficient (Wildman–Crippen LogP) is -0.0366. The molecule has 16 nitrogen and oxygen atoms in total. The Bertz CT molecular complexity index is 1800. The second-order valence-corrected chi connectivity index (χ2v) is 13.2. The number of aliphatic hydroxyl groups is 2. The Balaban J connectivity index is 1.24. The Hall–Kier alpha value is -3.19. The minimum atomic E-state index is -4.28. The van der Waals surface area contributed by atoms with Crippen LogP contribution in [0.4, 0.5) is 14.7 Å². The maximum atomic E-state index is 15.5. The van der Waals surface area contributed by atoms with Crippen molar-refractivity contribution < 1.29 is 37.6 Å². The van der Waals surface area contributed by atoms with Gasteiger partial charge < -0.3 is 39.5 Å². The molecule has 4 aromatic heterocycles. The zero-order chi connectivity index (χ0) is 29.2. The number of imidazole rings is 1. The van der Waals surface area contributed by atoms with Gasteiger partial charge in [-0.25, -0.2) is 18.7 Å². The lowest BCUT2D eigenvalue weighted by Gasteiger charge is -2.27. The molecule has 2 fully saturated rings. The molecule has 6 rings (SSSR count). The van der Waals surface area contributed by atoms with Gasteiger partial charge >= 0.3 is 0 Å². The van der Waals surface area contributed by atoms with E-state index >= 15 is 4.39 Å². The van der Waals surface area contributed by atoms with E-state index in [2.05, 4.69) is 37.2 Å². The molecule has 2 aliphatic rings. The molecule has 6 heterocycles. The molecule has 41 heavy (non-hydrogen) atoms. The van der Waals surface area contributed by atoms with Crippen LogP contribution < -0.4 is 16.9 Å². The number of aromatic nitrogens is 7. The van der Waals surface area contributed by atoms with Gasteiger partial charge in [0.2, 0.25) is 5.95 Å². The molecule has 0 amide bonds. The van der Waals surface area contributed by atoms with Crippen LogP contribution in [-0.4, -0.2) is 87.6 Å². The average molecular weight is 617 g/mol. The average Bonchev–Trinajstić information content (AvgIpc) is 3.66. The van der Waals surface area contributed by atoms with E-state index in [1.807, 2.05) is 0 Å². The summed E-state index contributed by atoms with van der Waals surface area (Å²) >= 11 is 4.15. The third kappa shape index (κ3) is 4.66. The standard InChI is InChI=1S/C21H23F2N8O8PS/c22-7-2-30(16-12(7)18(34)26-5-25-16)11-1-8(33)10(38-11)4-37-40(36,41)15-13(23)9(3-32)39-20(15)31-6-27-14-17(31)28-21(24)29-19(14)35/h2,5-6,8-11,13,15,20,32-33H,1,3-4H2,(H,36,41)(H,25,26,34)(H3,24,28,29,35)/t8-,9+,10+,11+,13+,15+,20+,40?/m0/s1. The molecule has 0 saturated carbocycles. The fourth-order valence-corrected chi connectivity index (χ4v) is 7.67. The monoisotopic (exact) mass is 616 g/mol. The van der Waals surface area contributed by atoms with Gasteiger partial charge in [-0.15, -0.1) is 0 Å². The molecule has 6 N–H and O–H groups in total. The summed E-state index contributed by atoms with van der Waals surface area (Å²) < 4.78 is 63.0. The van der Waals surface area contributed by atoms with Crippen molar-refractivity contribution in [1.29, 1.82) is 0 Å². The highest BCUT2D eigenvalue weighted by atomic mass is 32.7. The first-order valence-corrected chi connectivity index (χ1v) is 15.0. The lowest BCUT2D eigenvalue weighted by molar-refractivity contribution is -0.0388. The number of alkyl halides is 1. The van der Waals surface area contributed by atoms with Crippen molar-refractivity contribution in [1.82, 2.24) is 34.1 Å². The third-order valence-corrected chi connectivity index (χ3v) is 10.0. The Kier molecular flexibility index (Phi) is 7.00. The topological polar surface area (TPSA) is 225 Å². The van der Waals surface area contributed by atoms with Crippen LogP contribution in [0.5, 0.6) is 0 Å². The van der Waals surface area contributed by atoms with Crippen LogP contribution in [0, 0.1) is 5.82 Å². The molecular weight excluding hydrogens is 593 g/mol. The van der Waals surface area contributed by atoms with Crippen molar-refractivity contribution in [2.45, 2.75) is 49.0 Å². The lowest BCUT2D eigenvalue weighted by atomic mass is 10.2. The van der Waals surface area contributed by atoms with Crippen molar-refractivity contribution in [3.05, 3.63) is 45.4 Å². The highest BCUT2D eigenvalue weighted by Gasteiger charge is 2.55. The fourth-order valence-electron chi connectivity index (χ4n) is 5.13. The van der Waals surface area contributed by atoms with E-state index in [1.54, 1.807) is 0 Å². The van der Waals surface area contributed by atoms with Crippen molar-refractivity contribution in [3.8, 4) is 0 Å². The summed E-state index contributed by atoms with van der Waals surface area (Å²) in [6, 6.07) is 0. The van der Waals surface area contributed by atoms with Crippen LogP contribution in [0.1, 0.15) is 18.9 Å². The Morgan fingerprint density at radius 2 is 2.00 bits per heavy atom. The number of nitrogens with zero attached hydrogens (tertiary/aromatic N) is 5.